The van der Waals surface area contributed by atoms with Crippen molar-refractivity contribution in [2.75, 3.05) is 7.05 Å². The zero-order chi connectivity index (χ0) is 19.8. The number of halogens is 2. The van der Waals surface area contributed by atoms with E-state index >= 15 is 0 Å². The third-order valence-corrected chi connectivity index (χ3v) is 5.78. The van der Waals surface area contributed by atoms with Crippen LogP contribution in [0.2, 0.25) is 0 Å². The van der Waals surface area contributed by atoms with Crippen molar-refractivity contribution in [2.24, 2.45) is 5.10 Å². The number of sulfonamides is 1. The standard InChI is InChI=1S/C15H11BrFN5O4S/c1-20(18-8-10-9-19-21-5-4-11(16)6-14(10)21)27(25,26)15-7-12(22(23)24)2-3-13(15)17/h2-9H,1H3. The zero-order valence-corrected chi connectivity index (χ0v) is 16.1. The van der Waals surface area contributed by atoms with Gasteiger partial charge in [-0.15, -0.1) is 0 Å². The van der Waals surface area contributed by atoms with Gasteiger partial charge in [-0.25, -0.2) is 8.91 Å². The molecule has 0 saturated heterocycles. The number of pyridine rings is 1. The van der Waals surface area contributed by atoms with Crippen molar-refractivity contribution in [3.8, 4) is 0 Å². The van der Waals surface area contributed by atoms with Gasteiger partial charge in [0.1, 0.15) is 10.7 Å². The number of nitro benzene ring substituents is 1. The van der Waals surface area contributed by atoms with Crippen LogP contribution in [0.4, 0.5) is 10.1 Å². The molecule has 0 bridgehead atoms. The molecule has 2 aromatic heterocycles. The second-order valence-corrected chi connectivity index (χ2v) is 8.16. The minimum Gasteiger partial charge on any atom is -0.258 e. The predicted octanol–water partition coefficient (Wildman–Crippen LogP) is 2.80. The van der Waals surface area contributed by atoms with E-state index in [0.29, 0.717) is 21.6 Å². The second-order valence-electron chi connectivity index (χ2n) is 5.33. The van der Waals surface area contributed by atoms with Gasteiger partial charge in [-0.3, -0.25) is 10.1 Å². The first kappa shape index (κ1) is 18.9. The normalized spacial score (nSPS) is 12.0. The van der Waals surface area contributed by atoms with Crippen LogP contribution in [-0.2, 0) is 10.0 Å². The van der Waals surface area contributed by atoms with E-state index in [-0.39, 0.29) is 0 Å². The summed E-state index contributed by atoms with van der Waals surface area (Å²) in [5.74, 6) is -1.11. The summed E-state index contributed by atoms with van der Waals surface area (Å²) in [6, 6.07) is 5.81. The fourth-order valence-corrected chi connectivity index (χ4v) is 3.60. The highest BCUT2D eigenvalue weighted by molar-refractivity contribution is 9.10. The van der Waals surface area contributed by atoms with Gasteiger partial charge in [-0.05, 0) is 18.2 Å². The number of hydrogen-bond acceptors (Lipinski definition) is 6. The predicted molar refractivity (Wildman–Crippen MR) is 98.5 cm³/mol. The second kappa shape index (κ2) is 7.04. The Balaban J connectivity index is 1.96. The molecule has 0 unspecified atom stereocenters. The number of fused-ring (bicyclic) bond motifs is 1. The topological polar surface area (TPSA) is 110 Å². The molecule has 0 aliphatic rings. The summed E-state index contributed by atoms with van der Waals surface area (Å²) in [6.45, 7) is 0. The Bertz CT molecular complexity index is 1180. The molecule has 0 aliphatic carbocycles. The van der Waals surface area contributed by atoms with Crippen LogP contribution in [0, 0.1) is 15.9 Å². The minimum atomic E-state index is -4.42. The Labute approximate surface area is 161 Å². The quantitative estimate of drug-likeness (QED) is 0.333. The molecule has 0 fully saturated rings. The summed E-state index contributed by atoms with van der Waals surface area (Å²) in [5, 5.41) is 18.8. The molecule has 0 N–H and O–H groups in total. The average molecular weight is 456 g/mol. The van der Waals surface area contributed by atoms with Crippen molar-refractivity contribution in [3.63, 3.8) is 0 Å². The number of rotatable bonds is 5. The number of aromatic nitrogens is 2. The highest BCUT2D eigenvalue weighted by Crippen LogP contribution is 2.24. The fraction of sp³-hybridized carbons (Fsp3) is 0.0667. The van der Waals surface area contributed by atoms with Crippen LogP contribution in [0.15, 0.2) is 57.2 Å². The number of non-ortho nitro benzene ring substituents is 1. The van der Waals surface area contributed by atoms with E-state index in [1.165, 1.54) is 12.4 Å². The molecule has 0 spiro atoms. The van der Waals surface area contributed by atoms with Gasteiger partial charge in [0.05, 0.1) is 22.9 Å². The number of nitrogens with zero attached hydrogens (tertiary/aromatic N) is 5. The molecule has 2 heterocycles. The number of benzene rings is 1. The van der Waals surface area contributed by atoms with Crippen molar-refractivity contribution in [1.82, 2.24) is 14.0 Å². The molecular formula is C15H11BrFN5O4S. The Morgan fingerprint density at radius 3 is 2.81 bits per heavy atom. The van der Waals surface area contributed by atoms with E-state index in [9.17, 15) is 22.9 Å². The number of hydrogen-bond donors (Lipinski definition) is 0. The van der Waals surface area contributed by atoms with Crippen LogP contribution in [0.25, 0.3) is 5.52 Å². The SMILES string of the molecule is CN(N=Cc1cnn2ccc(Br)cc12)S(=O)(=O)c1cc([N+](=O)[O-])ccc1F. The van der Waals surface area contributed by atoms with Crippen LogP contribution < -0.4 is 0 Å². The van der Waals surface area contributed by atoms with Gasteiger partial charge in [-0.2, -0.15) is 23.0 Å². The summed E-state index contributed by atoms with van der Waals surface area (Å²) in [7, 11) is -3.32. The molecule has 0 atom stereocenters. The van der Waals surface area contributed by atoms with E-state index in [1.54, 1.807) is 22.8 Å². The average Bonchev–Trinajstić information content (AvgIpc) is 3.01. The van der Waals surface area contributed by atoms with Crippen molar-refractivity contribution < 1.29 is 17.7 Å². The molecule has 3 rings (SSSR count). The Hall–Kier alpha value is -2.86. The van der Waals surface area contributed by atoms with Gasteiger partial charge >= 0.3 is 0 Å². The lowest BCUT2D eigenvalue weighted by atomic mass is 10.3. The fourth-order valence-electron chi connectivity index (χ4n) is 2.22. The van der Waals surface area contributed by atoms with E-state index in [1.807, 2.05) is 0 Å². The van der Waals surface area contributed by atoms with Crippen molar-refractivity contribution in [1.29, 1.82) is 0 Å². The largest absolute Gasteiger partial charge is 0.281 e. The highest BCUT2D eigenvalue weighted by atomic mass is 79.9. The van der Waals surface area contributed by atoms with Crippen LogP contribution in [0.5, 0.6) is 0 Å². The first-order valence-electron chi connectivity index (χ1n) is 7.30. The van der Waals surface area contributed by atoms with Gasteiger partial charge in [0.15, 0.2) is 0 Å². The summed E-state index contributed by atoms with van der Waals surface area (Å²) < 4.78 is 41.9. The summed E-state index contributed by atoms with van der Waals surface area (Å²) in [4.78, 5) is 9.19. The van der Waals surface area contributed by atoms with Gasteiger partial charge < -0.3 is 0 Å². The molecule has 12 heteroatoms. The van der Waals surface area contributed by atoms with E-state index in [2.05, 4.69) is 26.1 Å². The molecule has 1 aromatic carbocycles. The van der Waals surface area contributed by atoms with Gasteiger partial charge in [0.2, 0.25) is 0 Å². The molecule has 0 aliphatic heterocycles. The highest BCUT2D eigenvalue weighted by Gasteiger charge is 2.26. The summed E-state index contributed by atoms with van der Waals surface area (Å²) >= 11 is 3.33. The minimum absolute atomic E-state index is 0.526. The van der Waals surface area contributed by atoms with E-state index in [4.69, 9.17) is 0 Å². The van der Waals surface area contributed by atoms with Crippen molar-refractivity contribution >= 4 is 43.4 Å². The smallest absolute Gasteiger partial charge is 0.258 e. The molecule has 0 amide bonds. The Morgan fingerprint density at radius 1 is 1.37 bits per heavy atom. The Kier molecular flexibility index (Phi) is 4.93. The maximum Gasteiger partial charge on any atom is 0.281 e. The van der Waals surface area contributed by atoms with Crippen molar-refractivity contribution in [2.45, 2.75) is 4.90 Å². The lowest BCUT2D eigenvalue weighted by molar-refractivity contribution is -0.385. The summed E-state index contributed by atoms with van der Waals surface area (Å²) in [5.41, 5.74) is 0.651. The summed E-state index contributed by atoms with van der Waals surface area (Å²) in [6.07, 6.45) is 4.44. The Morgan fingerprint density at radius 2 is 2.11 bits per heavy atom. The third-order valence-electron chi connectivity index (χ3n) is 3.62. The van der Waals surface area contributed by atoms with E-state index in [0.717, 1.165) is 23.7 Å². The van der Waals surface area contributed by atoms with Gasteiger partial charge in [0.25, 0.3) is 15.7 Å². The molecule has 27 heavy (non-hydrogen) atoms. The van der Waals surface area contributed by atoms with E-state index < -0.39 is 31.3 Å². The zero-order valence-electron chi connectivity index (χ0n) is 13.7. The molecule has 9 nitrogen and oxygen atoms in total. The maximum absolute atomic E-state index is 14.0. The van der Waals surface area contributed by atoms with Crippen LogP contribution in [-0.4, -0.2) is 40.6 Å². The third kappa shape index (κ3) is 3.66. The van der Waals surface area contributed by atoms with Crippen LogP contribution in [0.1, 0.15) is 5.56 Å². The maximum atomic E-state index is 14.0. The first-order valence-corrected chi connectivity index (χ1v) is 9.53. The molecule has 0 saturated carbocycles. The lowest BCUT2D eigenvalue weighted by Crippen LogP contribution is -2.23. The monoisotopic (exact) mass is 455 g/mol. The molecule has 0 radical (unpaired) electrons. The molecule has 3 aromatic rings. The molecular weight excluding hydrogens is 445 g/mol. The van der Waals surface area contributed by atoms with Gasteiger partial charge in [0, 0.05) is 35.4 Å². The lowest BCUT2D eigenvalue weighted by Gasteiger charge is -2.13. The number of nitro groups is 1. The molecule has 140 valence electrons. The van der Waals surface area contributed by atoms with Crippen LogP contribution >= 0.6 is 15.9 Å². The van der Waals surface area contributed by atoms with Crippen LogP contribution in [0.3, 0.4) is 0 Å². The van der Waals surface area contributed by atoms with Gasteiger partial charge in [-0.1, -0.05) is 15.9 Å². The number of hydrazone groups is 1. The first-order chi connectivity index (χ1) is 12.7. The van der Waals surface area contributed by atoms with Crippen molar-refractivity contribution in [3.05, 3.63) is 68.7 Å².